The van der Waals surface area contributed by atoms with Crippen LogP contribution in [0.4, 0.5) is 10.5 Å². The number of carbonyl (C=O) groups is 3. The summed E-state index contributed by atoms with van der Waals surface area (Å²) in [5, 5.41) is 2.22. The summed E-state index contributed by atoms with van der Waals surface area (Å²) in [6.07, 6.45) is 5.82. The maximum absolute atomic E-state index is 13.1. The molecule has 0 unspecified atom stereocenters. The number of anilines is 1. The lowest BCUT2D eigenvalue weighted by Gasteiger charge is -2.26. The van der Waals surface area contributed by atoms with Crippen molar-refractivity contribution in [3.8, 4) is 17.2 Å². The third-order valence-corrected chi connectivity index (χ3v) is 5.27. The molecule has 0 bridgehead atoms. The van der Waals surface area contributed by atoms with Crippen LogP contribution in [0.15, 0.2) is 48.0 Å². The number of imide groups is 2. The Labute approximate surface area is 199 Å². The molecule has 4 amide bonds. The van der Waals surface area contributed by atoms with Crippen molar-refractivity contribution in [2.24, 2.45) is 0 Å². The SMILES string of the molecule is CCCCCCOc1ccc(/C=C2\C(=O)NC(=O)N(c3ccc(OC)cc3)C2=O)cc1OCC. The van der Waals surface area contributed by atoms with E-state index in [0.717, 1.165) is 24.2 Å². The van der Waals surface area contributed by atoms with Gasteiger partial charge in [0.05, 0.1) is 26.0 Å². The van der Waals surface area contributed by atoms with Gasteiger partial charge < -0.3 is 14.2 Å². The third-order valence-electron chi connectivity index (χ3n) is 5.27. The molecular formula is C26H30N2O6. The van der Waals surface area contributed by atoms with Crippen LogP contribution in [-0.4, -0.2) is 38.2 Å². The summed E-state index contributed by atoms with van der Waals surface area (Å²) in [6, 6.07) is 10.8. The molecule has 0 atom stereocenters. The number of hydrogen-bond donors (Lipinski definition) is 1. The maximum Gasteiger partial charge on any atom is 0.335 e. The second-order valence-corrected chi connectivity index (χ2v) is 7.70. The first kappa shape index (κ1) is 24.8. The highest BCUT2D eigenvalue weighted by Gasteiger charge is 2.36. The predicted octanol–water partition coefficient (Wildman–Crippen LogP) is 4.72. The monoisotopic (exact) mass is 466 g/mol. The Kier molecular flexibility index (Phi) is 8.67. The van der Waals surface area contributed by atoms with Gasteiger partial charge in [0.25, 0.3) is 11.8 Å². The summed E-state index contributed by atoms with van der Waals surface area (Å²) in [5.41, 5.74) is 0.735. The lowest BCUT2D eigenvalue weighted by molar-refractivity contribution is -0.122. The minimum absolute atomic E-state index is 0.161. The number of nitrogens with one attached hydrogen (secondary N) is 1. The number of hydrogen-bond acceptors (Lipinski definition) is 6. The van der Waals surface area contributed by atoms with Crippen LogP contribution in [0.25, 0.3) is 6.08 Å². The van der Waals surface area contributed by atoms with Crippen LogP contribution in [0, 0.1) is 0 Å². The fraction of sp³-hybridized carbons (Fsp3) is 0.346. The summed E-state index contributed by atoms with van der Waals surface area (Å²) in [7, 11) is 1.52. The molecule has 0 radical (unpaired) electrons. The topological polar surface area (TPSA) is 94.2 Å². The van der Waals surface area contributed by atoms with E-state index in [1.165, 1.54) is 19.6 Å². The van der Waals surface area contributed by atoms with Gasteiger partial charge in [-0.15, -0.1) is 0 Å². The highest BCUT2D eigenvalue weighted by atomic mass is 16.5. The summed E-state index contributed by atoms with van der Waals surface area (Å²) in [4.78, 5) is 38.9. The summed E-state index contributed by atoms with van der Waals surface area (Å²) in [5.74, 6) is 0.243. The molecule has 3 rings (SSSR count). The highest BCUT2D eigenvalue weighted by Crippen LogP contribution is 2.31. The third kappa shape index (κ3) is 5.95. The number of amides is 4. The number of carbonyl (C=O) groups excluding carboxylic acids is 3. The van der Waals surface area contributed by atoms with E-state index in [4.69, 9.17) is 14.2 Å². The van der Waals surface area contributed by atoms with Gasteiger partial charge in [-0.3, -0.25) is 14.9 Å². The molecular weight excluding hydrogens is 436 g/mol. The van der Waals surface area contributed by atoms with Crippen LogP contribution in [0.3, 0.4) is 0 Å². The zero-order valence-corrected chi connectivity index (χ0v) is 19.8. The van der Waals surface area contributed by atoms with E-state index >= 15 is 0 Å². The molecule has 8 nitrogen and oxygen atoms in total. The van der Waals surface area contributed by atoms with Crippen LogP contribution < -0.4 is 24.4 Å². The van der Waals surface area contributed by atoms with E-state index in [0.29, 0.717) is 41.7 Å². The van der Waals surface area contributed by atoms with E-state index < -0.39 is 17.8 Å². The number of nitrogens with zero attached hydrogens (tertiary/aromatic N) is 1. The van der Waals surface area contributed by atoms with Gasteiger partial charge in [0, 0.05) is 0 Å². The Hall–Kier alpha value is -3.81. The normalized spacial score (nSPS) is 14.9. The lowest BCUT2D eigenvalue weighted by Crippen LogP contribution is -2.54. The Balaban J connectivity index is 1.84. The number of ether oxygens (including phenoxy) is 3. The molecule has 0 saturated carbocycles. The van der Waals surface area contributed by atoms with Crippen molar-refractivity contribution in [2.45, 2.75) is 39.5 Å². The number of methoxy groups -OCH3 is 1. The molecule has 2 aromatic rings. The zero-order chi connectivity index (χ0) is 24.5. The van der Waals surface area contributed by atoms with Gasteiger partial charge in [-0.25, -0.2) is 9.69 Å². The van der Waals surface area contributed by atoms with Gasteiger partial charge in [-0.2, -0.15) is 0 Å². The number of barbiturate groups is 1. The Morgan fingerprint density at radius 3 is 2.35 bits per heavy atom. The van der Waals surface area contributed by atoms with Crippen molar-refractivity contribution in [1.82, 2.24) is 5.32 Å². The van der Waals surface area contributed by atoms with E-state index in [9.17, 15) is 14.4 Å². The summed E-state index contributed by atoms with van der Waals surface area (Å²) < 4.78 is 16.7. The van der Waals surface area contributed by atoms with E-state index in [1.807, 2.05) is 6.92 Å². The Morgan fingerprint density at radius 1 is 0.912 bits per heavy atom. The molecule has 34 heavy (non-hydrogen) atoms. The molecule has 1 N–H and O–H groups in total. The van der Waals surface area contributed by atoms with E-state index in [-0.39, 0.29) is 5.57 Å². The van der Waals surface area contributed by atoms with Crippen molar-refractivity contribution in [3.63, 3.8) is 0 Å². The molecule has 0 spiro atoms. The van der Waals surface area contributed by atoms with Crippen molar-refractivity contribution in [1.29, 1.82) is 0 Å². The van der Waals surface area contributed by atoms with Crippen LogP contribution in [-0.2, 0) is 9.59 Å². The smallest absolute Gasteiger partial charge is 0.335 e. The first-order valence-corrected chi connectivity index (χ1v) is 11.4. The van der Waals surface area contributed by atoms with Crippen molar-refractivity contribution in [3.05, 3.63) is 53.6 Å². The minimum Gasteiger partial charge on any atom is -0.497 e. The summed E-state index contributed by atoms with van der Waals surface area (Å²) >= 11 is 0. The Morgan fingerprint density at radius 2 is 1.68 bits per heavy atom. The number of rotatable bonds is 11. The molecule has 8 heteroatoms. The number of unbranched alkanes of at least 4 members (excludes halogenated alkanes) is 3. The summed E-state index contributed by atoms with van der Waals surface area (Å²) in [6.45, 7) is 5.04. The average Bonchev–Trinajstić information content (AvgIpc) is 2.83. The standard InChI is InChI=1S/C26H30N2O6/c1-4-6-7-8-15-34-22-14-9-18(17-23(22)33-5-2)16-21-24(29)27-26(31)28(25(21)30)19-10-12-20(32-3)13-11-19/h9-14,16-17H,4-8,15H2,1-3H3,(H,27,29,31)/b21-16+. The van der Waals surface area contributed by atoms with Crippen molar-refractivity contribution in [2.75, 3.05) is 25.2 Å². The Bertz CT molecular complexity index is 1060. The second kappa shape index (κ2) is 11.9. The van der Waals surface area contributed by atoms with Gasteiger partial charge in [0.15, 0.2) is 11.5 Å². The average molecular weight is 467 g/mol. The molecule has 1 heterocycles. The lowest BCUT2D eigenvalue weighted by atomic mass is 10.1. The first-order chi connectivity index (χ1) is 16.5. The molecule has 1 aliphatic rings. The van der Waals surface area contributed by atoms with Gasteiger partial charge in [-0.1, -0.05) is 32.3 Å². The second-order valence-electron chi connectivity index (χ2n) is 7.70. The molecule has 1 saturated heterocycles. The van der Waals surface area contributed by atoms with Gasteiger partial charge in [0.2, 0.25) is 0 Å². The molecule has 180 valence electrons. The fourth-order valence-electron chi connectivity index (χ4n) is 3.50. The van der Waals surface area contributed by atoms with E-state index in [1.54, 1.807) is 42.5 Å². The highest BCUT2D eigenvalue weighted by molar-refractivity contribution is 6.39. The van der Waals surface area contributed by atoms with Gasteiger partial charge >= 0.3 is 6.03 Å². The minimum atomic E-state index is -0.806. The number of benzene rings is 2. The zero-order valence-electron chi connectivity index (χ0n) is 19.8. The molecule has 0 aromatic heterocycles. The first-order valence-electron chi connectivity index (χ1n) is 11.4. The molecule has 0 aliphatic carbocycles. The number of urea groups is 1. The van der Waals surface area contributed by atoms with Crippen LogP contribution >= 0.6 is 0 Å². The largest absolute Gasteiger partial charge is 0.497 e. The van der Waals surface area contributed by atoms with E-state index in [2.05, 4.69) is 12.2 Å². The fourth-order valence-corrected chi connectivity index (χ4v) is 3.50. The maximum atomic E-state index is 13.1. The molecule has 1 fully saturated rings. The van der Waals surface area contributed by atoms with Crippen LogP contribution in [0.5, 0.6) is 17.2 Å². The van der Waals surface area contributed by atoms with Crippen LogP contribution in [0.1, 0.15) is 45.1 Å². The van der Waals surface area contributed by atoms with Gasteiger partial charge in [0.1, 0.15) is 11.3 Å². The van der Waals surface area contributed by atoms with Crippen molar-refractivity contribution < 1.29 is 28.6 Å². The van der Waals surface area contributed by atoms with Crippen molar-refractivity contribution >= 4 is 29.6 Å². The quantitative estimate of drug-likeness (QED) is 0.293. The predicted molar refractivity (Wildman–Crippen MR) is 129 cm³/mol. The molecule has 2 aromatic carbocycles. The molecule has 1 aliphatic heterocycles. The van der Waals surface area contributed by atoms with Gasteiger partial charge in [-0.05, 0) is 61.4 Å². The van der Waals surface area contributed by atoms with Crippen LogP contribution in [0.2, 0.25) is 0 Å².